The molecule has 1 aliphatic heterocycles. The van der Waals surface area contributed by atoms with E-state index in [0.717, 1.165) is 5.56 Å². The molecule has 1 aliphatic rings. The third-order valence-corrected chi connectivity index (χ3v) is 5.55. The SMILES string of the molecule is NCc1cccn2c(C3CCCS3(=O)=O)nnc12. The molecule has 1 atom stereocenters. The molecule has 7 heteroatoms. The predicted molar refractivity (Wildman–Crippen MR) is 66.6 cm³/mol. The lowest BCUT2D eigenvalue weighted by molar-refractivity contribution is 0.588. The molecule has 2 N–H and O–H groups in total. The van der Waals surface area contributed by atoms with Gasteiger partial charge in [-0.15, -0.1) is 10.2 Å². The Morgan fingerprint density at radius 1 is 1.44 bits per heavy atom. The third kappa shape index (κ3) is 1.62. The zero-order chi connectivity index (χ0) is 12.8. The molecule has 0 spiro atoms. The van der Waals surface area contributed by atoms with Crippen molar-refractivity contribution in [2.24, 2.45) is 5.73 Å². The third-order valence-electron chi connectivity index (χ3n) is 3.38. The number of aromatic nitrogens is 3. The molecule has 3 heterocycles. The van der Waals surface area contributed by atoms with Gasteiger partial charge in [0, 0.05) is 18.3 Å². The molecule has 1 fully saturated rings. The van der Waals surface area contributed by atoms with Gasteiger partial charge < -0.3 is 5.73 Å². The van der Waals surface area contributed by atoms with Crippen molar-refractivity contribution >= 4 is 15.5 Å². The normalized spacial score (nSPS) is 22.6. The summed E-state index contributed by atoms with van der Waals surface area (Å²) in [5.41, 5.74) is 7.15. The second-order valence-electron chi connectivity index (χ2n) is 4.49. The Hall–Kier alpha value is -1.47. The minimum absolute atomic E-state index is 0.239. The number of rotatable bonds is 2. The lowest BCUT2D eigenvalue weighted by Crippen LogP contribution is -2.11. The zero-order valence-electron chi connectivity index (χ0n) is 9.78. The monoisotopic (exact) mass is 266 g/mol. The van der Waals surface area contributed by atoms with Crippen molar-refractivity contribution in [3.05, 3.63) is 29.7 Å². The molecule has 96 valence electrons. The molecule has 2 aromatic rings. The molecule has 1 saturated heterocycles. The van der Waals surface area contributed by atoms with E-state index in [4.69, 9.17) is 5.73 Å². The first kappa shape index (κ1) is 11.6. The van der Waals surface area contributed by atoms with E-state index in [2.05, 4.69) is 10.2 Å². The van der Waals surface area contributed by atoms with Crippen LogP contribution in [0.3, 0.4) is 0 Å². The molecule has 2 aromatic heterocycles. The van der Waals surface area contributed by atoms with Crippen LogP contribution >= 0.6 is 0 Å². The van der Waals surface area contributed by atoms with Gasteiger partial charge in [-0.3, -0.25) is 4.40 Å². The van der Waals surface area contributed by atoms with E-state index in [9.17, 15) is 8.42 Å². The maximum atomic E-state index is 12.0. The van der Waals surface area contributed by atoms with Gasteiger partial charge in [-0.1, -0.05) is 6.07 Å². The standard InChI is InChI=1S/C11H14N4O2S/c12-7-8-3-1-5-15-10(8)13-14-11(15)9-4-2-6-18(9,16)17/h1,3,5,9H,2,4,6-7,12H2. The lowest BCUT2D eigenvalue weighted by atomic mass is 10.2. The van der Waals surface area contributed by atoms with E-state index in [-0.39, 0.29) is 5.75 Å². The van der Waals surface area contributed by atoms with Crippen molar-refractivity contribution in [3.8, 4) is 0 Å². The van der Waals surface area contributed by atoms with E-state index in [1.165, 1.54) is 0 Å². The summed E-state index contributed by atoms with van der Waals surface area (Å²) in [5, 5.41) is 7.60. The molecule has 18 heavy (non-hydrogen) atoms. The maximum absolute atomic E-state index is 12.0. The van der Waals surface area contributed by atoms with Gasteiger partial charge in [0.15, 0.2) is 21.3 Å². The van der Waals surface area contributed by atoms with Crippen LogP contribution in [0.25, 0.3) is 5.65 Å². The number of pyridine rings is 1. The first-order valence-electron chi connectivity index (χ1n) is 5.87. The fourth-order valence-electron chi connectivity index (χ4n) is 2.45. The fourth-order valence-corrected chi connectivity index (χ4v) is 4.31. The second kappa shape index (κ2) is 4.03. The number of sulfone groups is 1. The molecule has 6 nitrogen and oxygen atoms in total. The summed E-state index contributed by atoms with van der Waals surface area (Å²) in [6, 6.07) is 3.71. The molecule has 3 rings (SSSR count). The van der Waals surface area contributed by atoms with E-state index >= 15 is 0 Å². The van der Waals surface area contributed by atoms with Crippen LogP contribution in [0, 0.1) is 0 Å². The average Bonchev–Trinajstić information content (AvgIpc) is 2.91. The highest BCUT2D eigenvalue weighted by Gasteiger charge is 2.36. The summed E-state index contributed by atoms with van der Waals surface area (Å²) >= 11 is 0. The molecule has 0 bridgehead atoms. The molecule has 1 unspecified atom stereocenters. The Morgan fingerprint density at radius 2 is 2.28 bits per heavy atom. The van der Waals surface area contributed by atoms with Crippen molar-refractivity contribution in [1.29, 1.82) is 0 Å². The van der Waals surface area contributed by atoms with Crippen LogP contribution in [0.5, 0.6) is 0 Å². The van der Waals surface area contributed by atoms with E-state index in [0.29, 0.717) is 30.9 Å². The predicted octanol–water partition coefficient (Wildman–Crippen LogP) is 0.438. The largest absolute Gasteiger partial charge is 0.326 e. The van der Waals surface area contributed by atoms with Crippen LogP contribution in [-0.4, -0.2) is 28.8 Å². The Kier molecular flexibility index (Phi) is 2.60. The van der Waals surface area contributed by atoms with Crippen LogP contribution in [0.1, 0.15) is 29.5 Å². The highest BCUT2D eigenvalue weighted by Crippen LogP contribution is 2.33. The first-order valence-corrected chi connectivity index (χ1v) is 7.59. The maximum Gasteiger partial charge on any atom is 0.165 e. The Bertz CT molecular complexity index is 692. The van der Waals surface area contributed by atoms with Gasteiger partial charge in [-0.2, -0.15) is 0 Å². The lowest BCUT2D eigenvalue weighted by Gasteiger charge is -2.07. The Balaban J connectivity index is 2.20. The van der Waals surface area contributed by atoms with Crippen LogP contribution in [0.4, 0.5) is 0 Å². The topological polar surface area (TPSA) is 90.3 Å². The van der Waals surface area contributed by atoms with Gasteiger partial charge in [0.2, 0.25) is 0 Å². The zero-order valence-corrected chi connectivity index (χ0v) is 10.6. The van der Waals surface area contributed by atoms with Gasteiger partial charge in [0.1, 0.15) is 5.25 Å². The van der Waals surface area contributed by atoms with Gasteiger partial charge in [0.05, 0.1) is 5.75 Å². The van der Waals surface area contributed by atoms with Gasteiger partial charge in [0.25, 0.3) is 0 Å². The Morgan fingerprint density at radius 3 is 2.94 bits per heavy atom. The van der Waals surface area contributed by atoms with Crippen molar-refractivity contribution in [3.63, 3.8) is 0 Å². The second-order valence-corrected chi connectivity index (χ2v) is 6.79. The van der Waals surface area contributed by atoms with Crippen LogP contribution in [-0.2, 0) is 16.4 Å². The minimum Gasteiger partial charge on any atom is -0.326 e. The fraction of sp³-hybridized carbons (Fsp3) is 0.455. The Labute approximate surface area is 105 Å². The van der Waals surface area contributed by atoms with Gasteiger partial charge in [-0.25, -0.2) is 8.42 Å². The number of nitrogens with two attached hydrogens (primary N) is 1. The molecular weight excluding hydrogens is 252 g/mol. The number of nitrogens with zero attached hydrogens (tertiary/aromatic N) is 3. The summed E-state index contributed by atoms with van der Waals surface area (Å²) in [6.07, 6.45) is 3.10. The molecule has 0 saturated carbocycles. The number of fused-ring (bicyclic) bond motifs is 1. The highest BCUT2D eigenvalue weighted by molar-refractivity contribution is 7.91. The van der Waals surface area contributed by atoms with Gasteiger partial charge in [-0.05, 0) is 18.9 Å². The van der Waals surface area contributed by atoms with Crippen molar-refractivity contribution in [2.45, 2.75) is 24.6 Å². The van der Waals surface area contributed by atoms with E-state index < -0.39 is 15.1 Å². The number of hydrogen-bond acceptors (Lipinski definition) is 5. The van der Waals surface area contributed by atoms with Crippen molar-refractivity contribution in [1.82, 2.24) is 14.6 Å². The van der Waals surface area contributed by atoms with Crippen molar-refractivity contribution < 1.29 is 8.42 Å². The van der Waals surface area contributed by atoms with Crippen molar-refractivity contribution in [2.75, 3.05) is 5.75 Å². The summed E-state index contributed by atoms with van der Waals surface area (Å²) in [6.45, 7) is 0.361. The molecule has 0 radical (unpaired) electrons. The molecular formula is C11H14N4O2S. The molecule has 0 aliphatic carbocycles. The highest BCUT2D eigenvalue weighted by atomic mass is 32.2. The smallest absolute Gasteiger partial charge is 0.165 e. The van der Waals surface area contributed by atoms with E-state index in [1.54, 1.807) is 10.6 Å². The summed E-state index contributed by atoms with van der Waals surface area (Å²) in [7, 11) is -3.08. The summed E-state index contributed by atoms with van der Waals surface area (Å²) in [5.74, 6) is 0.751. The van der Waals surface area contributed by atoms with Gasteiger partial charge >= 0.3 is 0 Å². The summed E-state index contributed by atoms with van der Waals surface area (Å²) < 4.78 is 25.7. The summed E-state index contributed by atoms with van der Waals surface area (Å²) in [4.78, 5) is 0. The quantitative estimate of drug-likeness (QED) is 0.851. The van der Waals surface area contributed by atoms with Crippen LogP contribution in [0.2, 0.25) is 0 Å². The van der Waals surface area contributed by atoms with Crippen LogP contribution in [0.15, 0.2) is 18.3 Å². The first-order chi connectivity index (χ1) is 8.63. The molecule has 0 amide bonds. The average molecular weight is 266 g/mol. The van der Waals surface area contributed by atoms with E-state index in [1.807, 2.05) is 12.1 Å². The van der Waals surface area contributed by atoms with Crippen LogP contribution < -0.4 is 5.73 Å². The number of hydrogen-bond donors (Lipinski definition) is 1. The molecule has 0 aromatic carbocycles. The minimum atomic E-state index is -3.08.